The Hall–Kier alpha value is -0.680. The van der Waals surface area contributed by atoms with Gasteiger partial charge in [-0.25, -0.2) is 4.98 Å². The first-order chi connectivity index (χ1) is 7.54. The van der Waals surface area contributed by atoms with E-state index in [0.717, 1.165) is 37.0 Å². The van der Waals surface area contributed by atoms with E-state index in [9.17, 15) is 0 Å². The first-order valence-corrected chi connectivity index (χ1v) is 6.60. The summed E-state index contributed by atoms with van der Waals surface area (Å²) in [6.45, 7) is 11.5. The van der Waals surface area contributed by atoms with Crippen LogP contribution in [0.4, 0.5) is 5.13 Å². The van der Waals surface area contributed by atoms with Crippen LogP contribution in [0.5, 0.6) is 0 Å². The zero-order chi connectivity index (χ0) is 12.0. The lowest BCUT2D eigenvalue weighted by molar-refractivity contribution is 0.555. The van der Waals surface area contributed by atoms with E-state index >= 15 is 0 Å². The Labute approximate surface area is 102 Å². The molecule has 1 heterocycles. The molecule has 4 nitrogen and oxygen atoms in total. The molecule has 0 spiro atoms. The lowest BCUT2D eigenvalue weighted by Crippen LogP contribution is -2.17. The molecule has 0 aliphatic heterocycles. The van der Waals surface area contributed by atoms with E-state index in [0.29, 0.717) is 0 Å². The van der Waals surface area contributed by atoms with Gasteiger partial charge in [0, 0.05) is 23.5 Å². The molecule has 0 atom stereocenters. The zero-order valence-electron chi connectivity index (χ0n) is 10.6. The maximum absolute atomic E-state index is 4.48. The summed E-state index contributed by atoms with van der Waals surface area (Å²) in [6, 6.07) is 0. The molecule has 0 bridgehead atoms. The van der Waals surface area contributed by atoms with Crippen molar-refractivity contribution in [1.82, 2.24) is 14.7 Å². The molecule has 0 saturated heterocycles. The standard InChI is InChI=1S/C11H22N4S/c1-5-12-7-6-8-13-10-14-9(15-16-10)11(2,3)4/h12H,5-8H2,1-4H3,(H,13,14,15). The molecule has 0 fully saturated rings. The first kappa shape index (κ1) is 13.4. The van der Waals surface area contributed by atoms with Gasteiger partial charge < -0.3 is 10.6 Å². The van der Waals surface area contributed by atoms with Gasteiger partial charge in [-0.2, -0.15) is 4.37 Å². The summed E-state index contributed by atoms with van der Waals surface area (Å²) in [5.74, 6) is 0.923. The van der Waals surface area contributed by atoms with Crippen LogP contribution >= 0.6 is 11.5 Å². The summed E-state index contributed by atoms with van der Waals surface area (Å²) in [5, 5.41) is 7.52. The van der Waals surface area contributed by atoms with Crippen LogP contribution in [0.15, 0.2) is 0 Å². The highest BCUT2D eigenvalue weighted by atomic mass is 32.1. The Morgan fingerprint density at radius 3 is 2.56 bits per heavy atom. The summed E-state index contributed by atoms with van der Waals surface area (Å²) in [4.78, 5) is 4.48. The van der Waals surface area contributed by atoms with E-state index in [-0.39, 0.29) is 5.41 Å². The molecule has 0 amide bonds. The third-order valence-corrected chi connectivity index (χ3v) is 2.83. The van der Waals surface area contributed by atoms with Gasteiger partial charge in [0.05, 0.1) is 0 Å². The quantitative estimate of drug-likeness (QED) is 0.751. The second kappa shape index (κ2) is 6.15. The predicted molar refractivity (Wildman–Crippen MR) is 70.3 cm³/mol. The van der Waals surface area contributed by atoms with Crippen LogP contribution in [0, 0.1) is 0 Å². The van der Waals surface area contributed by atoms with Gasteiger partial charge in [0.25, 0.3) is 0 Å². The average Bonchev–Trinajstić information content (AvgIpc) is 2.65. The van der Waals surface area contributed by atoms with Gasteiger partial charge >= 0.3 is 0 Å². The number of hydrogen-bond acceptors (Lipinski definition) is 5. The molecule has 0 aliphatic rings. The van der Waals surface area contributed by atoms with Crippen molar-refractivity contribution in [2.45, 2.75) is 39.5 Å². The summed E-state index contributed by atoms with van der Waals surface area (Å²) >= 11 is 1.45. The first-order valence-electron chi connectivity index (χ1n) is 5.83. The number of rotatable bonds is 6. The largest absolute Gasteiger partial charge is 0.360 e. The van der Waals surface area contributed by atoms with Gasteiger partial charge in [0.1, 0.15) is 5.82 Å². The predicted octanol–water partition coefficient (Wildman–Crippen LogP) is 2.25. The van der Waals surface area contributed by atoms with Crippen LogP contribution in [-0.2, 0) is 5.41 Å². The third-order valence-electron chi connectivity index (χ3n) is 2.15. The maximum Gasteiger partial charge on any atom is 0.202 e. The SMILES string of the molecule is CCNCCCNc1nc(C(C)(C)C)ns1. The van der Waals surface area contributed by atoms with Crippen LogP contribution in [0.25, 0.3) is 0 Å². The minimum Gasteiger partial charge on any atom is -0.360 e. The molecular weight excluding hydrogens is 220 g/mol. The van der Waals surface area contributed by atoms with Crippen molar-refractivity contribution in [3.8, 4) is 0 Å². The summed E-state index contributed by atoms with van der Waals surface area (Å²) in [5.41, 5.74) is 0.0419. The molecule has 1 aromatic rings. The van der Waals surface area contributed by atoms with Gasteiger partial charge in [0.2, 0.25) is 5.13 Å². The summed E-state index contributed by atoms with van der Waals surface area (Å²) < 4.78 is 4.35. The maximum atomic E-state index is 4.48. The molecule has 1 aromatic heterocycles. The number of hydrogen-bond donors (Lipinski definition) is 2. The van der Waals surface area contributed by atoms with Crippen LogP contribution in [0.3, 0.4) is 0 Å². The Balaban J connectivity index is 2.30. The Bertz CT molecular complexity index is 303. The van der Waals surface area contributed by atoms with E-state index in [1.807, 2.05) is 0 Å². The second-order valence-electron chi connectivity index (χ2n) is 4.81. The fourth-order valence-corrected chi connectivity index (χ4v) is 1.97. The van der Waals surface area contributed by atoms with Crippen molar-refractivity contribution in [3.63, 3.8) is 0 Å². The highest BCUT2D eigenvalue weighted by molar-refractivity contribution is 7.09. The van der Waals surface area contributed by atoms with E-state index in [4.69, 9.17) is 0 Å². The zero-order valence-corrected chi connectivity index (χ0v) is 11.4. The van der Waals surface area contributed by atoms with Crippen molar-refractivity contribution in [2.24, 2.45) is 0 Å². The monoisotopic (exact) mass is 242 g/mol. The van der Waals surface area contributed by atoms with Crippen molar-refractivity contribution in [1.29, 1.82) is 0 Å². The van der Waals surface area contributed by atoms with Crippen LogP contribution < -0.4 is 10.6 Å². The van der Waals surface area contributed by atoms with Crippen LogP contribution in [0.2, 0.25) is 0 Å². The lowest BCUT2D eigenvalue weighted by atomic mass is 9.96. The average molecular weight is 242 g/mol. The van der Waals surface area contributed by atoms with E-state index in [2.05, 4.69) is 47.7 Å². The van der Waals surface area contributed by atoms with Crippen LogP contribution in [0.1, 0.15) is 39.9 Å². The molecule has 0 saturated carbocycles. The third kappa shape index (κ3) is 4.45. The second-order valence-corrected chi connectivity index (χ2v) is 5.56. The fraction of sp³-hybridized carbons (Fsp3) is 0.818. The molecule has 0 unspecified atom stereocenters. The minimum atomic E-state index is 0.0419. The van der Waals surface area contributed by atoms with E-state index in [1.165, 1.54) is 11.5 Å². The minimum absolute atomic E-state index is 0.0419. The molecule has 2 N–H and O–H groups in total. The summed E-state index contributed by atoms with van der Waals surface area (Å²) in [7, 11) is 0. The van der Waals surface area contributed by atoms with Crippen molar-refractivity contribution < 1.29 is 0 Å². The molecule has 92 valence electrons. The number of nitrogens with zero attached hydrogens (tertiary/aromatic N) is 2. The molecular formula is C11H22N4S. The number of nitrogens with one attached hydrogen (secondary N) is 2. The van der Waals surface area contributed by atoms with Crippen LogP contribution in [-0.4, -0.2) is 29.0 Å². The summed E-state index contributed by atoms with van der Waals surface area (Å²) in [6.07, 6.45) is 1.11. The Morgan fingerprint density at radius 2 is 2.00 bits per heavy atom. The molecule has 16 heavy (non-hydrogen) atoms. The van der Waals surface area contributed by atoms with Gasteiger partial charge in [-0.15, -0.1) is 0 Å². The highest BCUT2D eigenvalue weighted by Crippen LogP contribution is 2.22. The van der Waals surface area contributed by atoms with E-state index < -0.39 is 0 Å². The molecule has 0 aliphatic carbocycles. The normalized spacial score (nSPS) is 11.8. The number of anilines is 1. The topological polar surface area (TPSA) is 49.8 Å². The van der Waals surface area contributed by atoms with Crippen molar-refractivity contribution >= 4 is 16.7 Å². The molecule has 1 rings (SSSR count). The van der Waals surface area contributed by atoms with Gasteiger partial charge in [0.15, 0.2) is 0 Å². The van der Waals surface area contributed by atoms with Gasteiger partial charge in [-0.05, 0) is 19.5 Å². The molecule has 0 radical (unpaired) electrons. The Kier molecular flexibility index (Phi) is 5.15. The molecule has 5 heteroatoms. The lowest BCUT2D eigenvalue weighted by Gasteiger charge is -2.12. The van der Waals surface area contributed by atoms with Gasteiger partial charge in [-0.3, -0.25) is 0 Å². The fourth-order valence-electron chi connectivity index (χ4n) is 1.19. The van der Waals surface area contributed by atoms with E-state index in [1.54, 1.807) is 0 Å². The molecule has 0 aromatic carbocycles. The van der Waals surface area contributed by atoms with Crippen molar-refractivity contribution in [3.05, 3.63) is 5.82 Å². The van der Waals surface area contributed by atoms with Crippen molar-refractivity contribution in [2.75, 3.05) is 25.0 Å². The Morgan fingerprint density at radius 1 is 1.25 bits per heavy atom. The highest BCUT2D eigenvalue weighted by Gasteiger charge is 2.19. The smallest absolute Gasteiger partial charge is 0.202 e. The van der Waals surface area contributed by atoms with Gasteiger partial charge in [-0.1, -0.05) is 27.7 Å². The number of aromatic nitrogens is 2.